The summed E-state index contributed by atoms with van der Waals surface area (Å²) < 4.78 is 5.76. The van der Waals surface area contributed by atoms with Gasteiger partial charge in [0.1, 0.15) is 11.8 Å². The van der Waals surface area contributed by atoms with E-state index in [-0.39, 0.29) is 18.4 Å². The molecule has 1 N–H and O–H groups in total. The van der Waals surface area contributed by atoms with E-state index >= 15 is 0 Å². The quantitative estimate of drug-likeness (QED) is 0.817. The third-order valence-electron chi connectivity index (χ3n) is 4.54. The number of nitrogens with one attached hydrogen (secondary N) is 1. The van der Waals surface area contributed by atoms with Crippen LogP contribution in [0.2, 0.25) is 0 Å². The van der Waals surface area contributed by atoms with Gasteiger partial charge in [-0.3, -0.25) is 9.59 Å². The Morgan fingerprint density at radius 3 is 2.44 bits per heavy atom. The van der Waals surface area contributed by atoms with Gasteiger partial charge in [0.25, 0.3) is 5.91 Å². The molecule has 0 spiro atoms. The number of carbonyl (C=O) groups is 2. The first kappa shape index (κ1) is 20.5. The van der Waals surface area contributed by atoms with E-state index in [9.17, 15) is 9.59 Å². The fourth-order valence-corrected chi connectivity index (χ4v) is 2.88. The number of carbonyl (C=O) groups excluding carboxylic acids is 2. The van der Waals surface area contributed by atoms with Crippen molar-refractivity contribution >= 4 is 11.8 Å². The van der Waals surface area contributed by atoms with E-state index in [1.165, 1.54) is 0 Å². The molecule has 0 aliphatic heterocycles. The normalized spacial score (nSPS) is 11.6. The molecule has 144 valence electrons. The van der Waals surface area contributed by atoms with Gasteiger partial charge in [0, 0.05) is 13.6 Å². The van der Waals surface area contributed by atoms with Gasteiger partial charge in [0.2, 0.25) is 5.91 Å². The second kappa shape index (κ2) is 9.21. The maximum absolute atomic E-state index is 12.9. The molecule has 0 aliphatic rings. The molecule has 27 heavy (non-hydrogen) atoms. The zero-order valence-electron chi connectivity index (χ0n) is 16.7. The molecular weight excluding hydrogens is 340 g/mol. The summed E-state index contributed by atoms with van der Waals surface area (Å²) in [7, 11) is 1.57. The van der Waals surface area contributed by atoms with Crippen molar-refractivity contribution in [2.45, 2.75) is 40.3 Å². The van der Waals surface area contributed by atoms with Crippen molar-refractivity contribution in [3.8, 4) is 5.75 Å². The summed E-state index contributed by atoms with van der Waals surface area (Å²) in [5, 5.41) is 2.61. The minimum atomic E-state index is -0.592. The maximum atomic E-state index is 12.9. The number of benzene rings is 2. The summed E-state index contributed by atoms with van der Waals surface area (Å²) in [6, 6.07) is 13.2. The number of ether oxygens (including phenoxy) is 1. The van der Waals surface area contributed by atoms with Gasteiger partial charge in [-0.2, -0.15) is 0 Å². The summed E-state index contributed by atoms with van der Waals surface area (Å²) in [6.45, 7) is 7.89. The highest BCUT2D eigenvalue weighted by molar-refractivity contribution is 5.87. The largest absolute Gasteiger partial charge is 0.483 e. The number of hydrogen-bond acceptors (Lipinski definition) is 3. The van der Waals surface area contributed by atoms with Crippen molar-refractivity contribution in [2.24, 2.45) is 0 Å². The predicted molar refractivity (Wildman–Crippen MR) is 107 cm³/mol. The Bertz CT molecular complexity index is 817. The molecular formula is C22H28N2O3. The Morgan fingerprint density at radius 1 is 1.07 bits per heavy atom. The van der Waals surface area contributed by atoms with Crippen LogP contribution in [0.4, 0.5) is 0 Å². The first-order valence-electron chi connectivity index (χ1n) is 9.08. The van der Waals surface area contributed by atoms with E-state index in [0.29, 0.717) is 12.3 Å². The molecule has 5 nitrogen and oxygen atoms in total. The lowest BCUT2D eigenvalue weighted by Crippen LogP contribution is -2.48. The van der Waals surface area contributed by atoms with Crippen LogP contribution in [0, 0.1) is 20.8 Å². The lowest BCUT2D eigenvalue weighted by atomic mass is 10.1. The van der Waals surface area contributed by atoms with Crippen LogP contribution in [0.25, 0.3) is 0 Å². The van der Waals surface area contributed by atoms with Gasteiger partial charge in [-0.1, -0.05) is 42.0 Å². The van der Waals surface area contributed by atoms with Gasteiger partial charge in [-0.25, -0.2) is 0 Å². The fraction of sp³-hybridized carbons (Fsp3) is 0.364. The Morgan fingerprint density at radius 2 is 1.78 bits per heavy atom. The molecule has 0 heterocycles. The first-order valence-corrected chi connectivity index (χ1v) is 9.08. The molecule has 2 aromatic carbocycles. The number of likely N-dealkylation sites (N-methyl/N-ethyl adjacent to an activating group) is 1. The van der Waals surface area contributed by atoms with Crippen molar-refractivity contribution in [1.82, 2.24) is 10.2 Å². The van der Waals surface area contributed by atoms with Crippen molar-refractivity contribution in [2.75, 3.05) is 13.7 Å². The summed E-state index contributed by atoms with van der Waals surface area (Å²) >= 11 is 0. The molecule has 0 radical (unpaired) electrons. The Labute approximate surface area is 161 Å². The van der Waals surface area contributed by atoms with E-state index in [1.54, 1.807) is 18.9 Å². The molecule has 0 saturated heterocycles. The highest BCUT2D eigenvalue weighted by atomic mass is 16.5. The van der Waals surface area contributed by atoms with E-state index in [1.807, 2.05) is 63.2 Å². The van der Waals surface area contributed by atoms with Crippen LogP contribution >= 0.6 is 0 Å². The van der Waals surface area contributed by atoms with Crippen LogP contribution in [-0.2, 0) is 16.1 Å². The maximum Gasteiger partial charge on any atom is 0.261 e. The van der Waals surface area contributed by atoms with Crippen molar-refractivity contribution in [1.29, 1.82) is 0 Å². The lowest BCUT2D eigenvalue weighted by molar-refractivity contribution is -0.142. The summed E-state index contributed by atoms with van der Waals surface area (Å²) in [6.07, 6.45) is 0. The van der Waals surface area contributed by atoms with Crippen LogP contribution in [0.15, 0.2) is 42.5 Å². The summed E-state index contributed by atoms with van der Waals surface area (Å²) in [5.41, 5.74) is 4.13. The van der Waals surface area contributed by atoms with Gasteiger partial charge in [-0.05, 0) is 50.5 Å². The SMILES string of the molecule is CNC(=O)C(C)N(Cc1cccc(C)c1)C(=O)COc1cc(C)ccc1C. The highest BCUT2D eigenvalue weighted by Gasteiger charge is 2.26. The molecule has 5 heteroatoms. The van der Waals surface area contributed by atoms with Crippen molar-refractivity contribution in [3.05, 3.63) is 64.7 Å². The van der Waals surface area contributed by atoms with Crippen LogP contribution in [0.1, 0.15) is 29.2 Å². The number of amides is 2. The summed E-state index contributed by atoms with van der Waals surface area (Å²) in [5.74, 6) is 0.253. The van der Waals surface area contributed by atoms with Gasteiger partial charge in [-0.15, -0.1) is 0 Å². The third-order valence-corrected chi connectivity index (χ3v) is 4.54. The molecule has 2 aromatic rings. The average Bonchev–Trinajstić information content (AvgIpc) is 2.65. The predicted octanol–water partition coefficient (Wildman–Crippen LogP) is 3.15. The van der Waals surface area contributed by atoms with Crippen LogP contribution in [0.3, 0.4) is 0 Å². The van der Waals surface area contributed by atoms with Crippen LogP contribution in [-0.4, -0.2) is 36.4 Å². The average molecular weight is 368 g/mol. The molecule has 0 saturated carbocycles. The third kappa shape index (κ3) is 5.58. The topological polar surface area (TPSA) is 58.6 Å². The zero-order chi connectivity index (χ0) is 20.0. The lowest BCUT2D eigenvalue weighted by Gasteiger charge is -2.28. The number of rotatable bonds is 7. The van der Waals surface area contributed by atoms with Gasteiger partial charge in [0.05, 0.1) is 0 Å². The minimum Gasteiger partial charge on any atom is -0.483 e. The van der Waals surface area contributed by atoms with E-state index in [0.717, 1.165) is 22.3 Å². The smallest absolute Gasteiger partial charge is 0.261 e. The Balaban J connectivity index is 2.17. The van der Waals surface area contributed by atoms with E-state index < -0.39 is 6.04 Å². The Kier molecular flexibility index (Phi) is 6.99. The monoisotopic (exact) mass is 368 g/mol. The molecule has 1 unspecified atom stereocenters. The second-order valence-corrected chi connectivity index (χ2v) is 6.86. The van der Waals surface area contributed by atoms with Crippen molar-refractivity contribution in [3.63, 3.8) is 0 Å². The number of hydrogen-bond donors (Lipinski definition) is 1. The number of aryl methyl sites for hydroxylation is 3. The standard InChI is InChI=1S/C22H28N2O3/c1-15-7-6-8-19(11-15)13-24(18(4)22(26)23-5)21(25)14-27-20-12-16(2)9-10-17(20)3/h6-12,18H,13-14H2,1-5H3,(H,23,26). The fourth-order valence-electron chi connectivity index (χ4n) is 2.88. The van der Waals surface area contributed by atoms with Gasteiger partial charge in [0.15, 0.2) is 6.61 Å². The first-order chi connectivity index (χ1) is 12.8. The number of nitrogens with zero attached hydrogens (tertiary/aromatic N) is 1. The highest BCUT2D eigenvalue weighted by Crippen LogP contribution is 2.19. The molecule has 0 fully saturated rings. The molecule has 1 atom stereocenters. The molecule has 2 amide bonds. The van der Waals surface area contributed by atoms with Crippen LogP contribution in [0.5, 0.6) is 5.75 Å². The van der Waals surface area contributed by atoms with Gasteiger partial charge >= 0.3 is 0 Å². The van der Waals surface area contributed by atoms with Crippen molar-refractivity contribution < 1.29 is 14.3 Å². The van der Waals surface area contributed by atoms with E-state index in [4.69, 9.17) is 4.74 Å². The Hall–Kier alpha value is -2.82. The van der Waals surface area contributed by atoms with Gasteiger partial charge < -0.3 is 15.0 Å². The molecule has 0 aromatic heterocycles. The van der Waals surface area contributed by atoms with Crippen LogP contribution < -0.4 is 10.1 Å². The zero-order valence-corrected chi connectivity index (χ0v) is 16.7. The minimum absolute atomic E-state index is 0.114. The van der Waals surface area contributed by atoms with E-state index in [2.05, 4.69) is 5.32 Å². The molecule has 2 rings (SSSR count). The summed E-state index contributed by atoms with van der Waals surface area (Å²) in [4.78, 5) is 26.6. The second-order valence-electron chi connectivity index (χ2n) is 6.86. The molecule has 0 aliphatic carbocycles. The molecule has 0 bridgehead atoms.